The lowest BCUT2D eigenvalue weighted by atomic mass is 10.1. The molecule has 0 bridgehead atoms. The van der Waals surface area contributed by atoms with E-state index in [1.54, 1.807) is 31.2 Å². The Morgan fingerprint density at radius 2 is 1.94 bits per heavy atom. The van der Waals surface area contributed by atoms with Crippen molar-refractivity contribution in [2.45, 2.75) is 24.2 Å². The number of nitrogens with zero attached hydrogens (tertiary/aromatic N) is 2. The predicted octanol–water partition coefficient (Wildman–Crippen LogP) is 3.15. The molecule has 3 aromatic rings. The summed E-state index contributed by atoms with van der Waals surface area (Å²) in [6.45, 7) is 1.22. The zero-order valence-electron chi connectivity index (χ0n) is 18.6. The van der Waals surface area contributed by atoms with Gasteiger partial charge in [-0.15, -0.1) is 0 Å². The van der Waals surface area contributed by atoms with Crippen LogP contribution in [-0.2, 0) is 14.6 Å². The number of benzene rings is 1. The molecule has 0 radical (unpaired) electrons. The van der Waals surface area contributed by atoms with E-state index in [0.717, 1.165) is 6.26 Å². The van der Waals surface area contributed by atoms with E-state index >= 15 is 0 Å². The molecule has 3 heterocycles. The molecule has 0 unspecified atom stereocenters. The number of hydrogen-bond donors (Lipinski definition) is 2. The largest absolute Gasteiger partial charge is 0.488 e. The Bertz CT molecular complexity index is 1290. The second-order valence-electron chi connectivity index (χ2n) is 7.84. The summed E-state index contributed by atoms with van der Waals surface area (Å²) in [5.41, 5.74) is 2.06. The summed E-state index contributed by atoms with van der Waals surface area (Å²) in [6.07, 6.45) is 1.37. The second kappa shape index (κ2) is 9.82. The third kappa shape index (κ3) is 5.54. The van der Waals surface area contributed by atoms with Crippen molar-refractivity contribution in [3.63, 3.8) is 0 Å². The van der Waals surface area contributed by atoms with E-state index in [9.17, 15) is 17.9 Å². The van der Waals surface area contributed by atoms with Gasteiger partial charge in [-0.2, -0.15) is 0 Å². The van der Waals surface area contributed by atoms with Gasteiger partial charge in [0.1, 0.15) is 41.8 Å². The first kappa shape index (κ1) is 23.7. The van der Waals surface area contributed by atoms with Gasteiger partial charge in [0.25, 0.3) is 0 Å². The number of pyridine rings is 1. The molecule has 2 aromatic heterocycles. The number of aromatic amines is 1. The summed E-state index contributed by atoms with van der Waals surface area (Å²) in [4.78, 5) is 11.4. The van der Waals surface area contributed by atoms with Gasteiger partial charge in [0.15, 0.2) is 14.9 Å². The molecule has 34 heavy (non-hydrogen) atoms. The first-order valence-corrected chi connectivity index (χ1v) is 12.4. The quantitative estimate of drug-likeness (QED) is 0.473. The van der Waals surface area contributed by atoms with Crippen molar-refractivity contribution in [1.82, 2.24) is 9.97 Å². The molecule has 0 amide bonds. The normalized spacial score (nSPS) is 16.6. The Morgan fingerprint density at radius 1 is 1.18 bits per heavy atom. The fraction of sp³-hybridized carbons (Fsp3) is 0.304. The molecule has 180 valence electrons. The van der Waals surface area contributed by atoms with Gasteiger partial charge in [-0.05, 0) is 43.3 Å². The van der Waals surface area contributed by atoms with Crippen LogP contribution in [0.1, 0.15) is 12.6 Å². The zero-order chi connectivity index (χ0) is 24.3. The van der Waals surface area contributed by atoms with Crippen LogP contribution in [0.15, 0.2) is 58.7 Å². The lowest BCUT2D eigenvalue weighted by molar-refractivity contribution is 0.130. The third-order valence-electron chi connectivity index (χ3n) is 4.91. The van der Waals surface area contributed by atoms with E-state index in [4.69, 9.17) is 14.2 Å². The van der Waals surface area contributed by atoms with E-state index < -0.39 is 22.6 Å². The van der Waals surface area contributed by atoms with Crippen molar-refractivity contribution in [3.8, 4) is 28.5 Å². The van der Waals surface area contributed by atoms with Gasteiger partial charge in [0, 0.05) is 23.6 Å². The predicted molar refractivity (Wildman–Crippen MR) is 123 cm³/mol. The van der Waals surface area contributed by atoms with Crippen LogP contribution < -0.4 is 9.47 Å². The number of hydrogen-bond acceptors (Lipinski definition) is 8. The number of aliphatic hydroxyl groups is 1. The SMILES string of the molecule is C[C@@H](CF)Oc1cc(Oc2ccc(S(C)(=O)=O)nc2)cc(-c2ccc(C3=NC[C@H](CO)O3)[nH]2)c1. The zero-order valence-corrected chi connectivity index (χ0v) is 19.4. The van der Waals surface area contributed by atoms with Crippen LogP contribution in [0, 0.1) is 0 Å². The van der Waals surface area contributed by atoms with Crippen molar-refractivity contribution in [2.75, 3.05) is 26.1 Å². The van der Waals surface area contributed by atoms with Crippen molar-refractivity contribution >= 4 is 15.7 Å². The average molecular weight is 490 g/mol. The van der Waals surface area contributed by atoms with Gasteiger partial charge >= 0.3 is 0 Å². The topological polar surface area (TPSA) is 123 Å². The number of alkyl halides is 1. The fourth-order valence-corrected chi connectivity index (χ4v) is 3.81. The molecule has 9 nitrogen and oxygen atoms in total. The highest BCUT2D eigenvalue weighted by molar-refractivity contribution is 7.90. The molecule has 11 heteroatoms. The highest BCUT2D eigenvalue weighted by Crippen LogP contribution is 2.33. The minimum atomic E-state index is -3.43. The van der Waals surface area contributed by atoms with Crippen molar-refractivity contribution < 1.29 is 32.1 Å². The van der Waals surface area contributed by atoms with Crippen LogP contribution in [0.4, 0.5) is 4.39 Å². The standard InChI is InChI=1S/C23H24FN3O6S/c1-14(10-24)31-17-7-15(20-4-5-21(27-20)23-26-12-19(13-28)33-23)8-18(9-17)32-16-3-6-22(25-11-16)34(2,29)30/h3-9,11,14,19,27-28H,10,12-13H2,1-2H3/t14-,19+/m0/s1. The van der Waals surface area contributed by atoms with Gasteiger partial charge in [-0.3, -0.25) is 0 Å². The maximum atomic E-state index is 13.0. The number of rotatable bonds is 9. The lowest BCUT2D eigenvalue weighted by Crippen LogP contribution is -2.17. The molecule has 0 saturated carbocycles. The average Bonchev–Trinajstić information content (AvgIpc) is 3.48. The molecule has 1 aromatic carbocycles. The molecule has 0 spiro atoms. The highest BCUT2D eigenvalue weighted by atomic mass is 32.2. The van der Waals surface area contributed by atoms with E-state index in [1.807, 2.05) is 6.07 Å². The fourth-order valence-electron chi connectivity index (χ4n) is 3.25. The molecule has 0 saturated heterocycles. The Kier molecular flexibility index (Phi) is 6.85. The minimum absolute atomic E-state index is 0.0613. The number of halogens is 1. The van der Waals surface area contributed by atoms with E-state index in [-0.39, 0.29) is 17.7 Å². The molecule has 1 aliphatic heterocycles. The van der Waals surface area contributed by atoms with Gasteiger partial charge in [0.05, 0.1) is 19.3 Å². The molecular formula is C23H24FN3O6S. The molecule has 0 fully saturated rings. The first-order chi connectivity index (χ1) is 16.2. The summed E-state index contributed by atoms with van der Waals surface area (Å²) in [5.74, 6) is 1.52. The van der Waals surface area contributed by atoms with Crippen LogP contribution in [0.5, 0.6) is 17.2 Å². The highest BCUT2D eigenvalue weighted by Gasteiger charge is 2.21. The van der Waals surface area contributed by atoms with E-state index in [0.29, 0.717) is 46.6 Å². The number of aliphatic hydroxyl groups excluding tert-OH is 1. The molecule has 4 rings (SSSR count). The van der Waals surface area contributed by atoms with Crippen LogP contribution in [0.3, 0.4) is 0 Å². The van der Waals surface area contributed by atoms with E-state index in [2.05, 4.69) is 15.0 Å². The van der Waals surface area contributed by atoms with Gasteiger partial charge in [-0.25, -0.2) is 22.8 Å². The monoisotopic (exact) mass is 489 g/mol. The maximum Gasteiger partial charge on any atom is 0.233 e. The van der Waals surface area contributed by atoms with Gasteiger partial charge < -0.3 is 24.3 Å². The summed E-state index contributed by atoms with van der Waals surface area (Å²) < 4.78 is 53.4. The second-order valence-corrected chi connectivity index (χ2v) is 9.80. The number of nitrogens with one attached hydrogen (secondary N) is 1. The molecule has 2 N–H and O–H groups in total. The number of H-pyrrole nitrogens is 1. The van der Waals surface area contributed by atoms with Gasteiger partial charge in [-0.1, -0.05) is 0 Å². The molecule has 1 aliphatic rings. The van der Waals surface area contributed by atoms with E-state index in [1.165, 1.54) is 18.3 Å². The number of ether oxygens (including phenoxy) is 3. The lowest BCUT2D eigenvalue weighted by Gasteiger charge is -2.14. The van der Waals surface area contributed by atoms with Crippen LogP contribution in [0.25, 0.3) is 11.3 Å². The third-order valence-corrected chi connectivity index (χ3v) is 5.91. The van der Waals surface area contributed by atoms with Crippen LogP contribution >= 0.6 is 0 Å². The first-order valence-electron chi connectivity index (χ1n) is 10.5. The van der Waals surface area contributed by atoms with Crippen molar-refractivity contribution in [1.29, 1.82) is 0 Å². The van der Waals surface area contributed by atoms with Gasteiger partial charge in [0.2, 0.25) is 5.90 Å². The Hall–Kier alpha value is -3.44. The minimum Gasteiger partial charge on any atom is -0.488 e. The maximum absolute atomic E-state index is 13.0. The summed E-state index contributed by atoms with van der Waals surface area (Å²) in [6, 6.07) is 11.6. The Balaban J connectivity index is 1.63. The number of aliphatic imine (C=N–C) groups is 1. The number of aromatic nitrogens is 2. The molecule has 2 atom stereocenters. The summed E-state index contributed by atoms with van der Waals surface area (Å²) in [5, 5.41) is 9.18. The molecule has 0 aliphatic carbocycles. The summed E-state index contributed by atoms with van der Waals surface area (Å²) >= 11 is 0. The Labute approximate surface area is 196 Å². The number of sulfone groups is 1. The Morgan fingerprint density at radius 3 is 2.59 bits per heavy atom. The molecular weight excluding hydrogens is 465 g/mol. The van der Waals surface area contributed by atoms with Crippen LogP contribution in [-0.4, -0.2) is 67.7 Å². The van der Waals surface area contributed by atoms with Crippen molar-refractivity contribution in [3.05, 3.63) is 54.4 Å². The van der Waals surface area contributed by atoms with Crippen molar-refractivity contribution in [2.24, 2.45) is 4.99 Å². The van der Waals surface area contributed by atoms with Crippen LogP contribution in [0.2, 0.25) is 0 Å². The summed E-state index contributed by atoms with van der Waals surface area (Å²) in [7, 11) is -3.43. The smallest absolute Gasteiger partial charge is 0.233 e.